The Kier molecular flexibility index (Phi) is 24.8. The molecule has 1 aliphatic heterocycles. The first kappa shape index (κ1) is 63.7. The van der Waals surface area contributed by atoms with Crippen LogP contribution < -0.4 is 21.3 Å². The molecule has 0 radical (unpaired) electrons. The standard InChI is InChI=1S/C45H75N11O15S/c1-17-19-25(5)33(58)32-35(60)47-27(18-2)37(62)51(10)29(23-72-21-20-30(57)71-16)38(63)50(9)28(22-45(7,8)70)34(59)48-41(66)55(14)42(67)49-40(65)46-26(6)36(61)54(13)44(69)56(15)43(68)53(12)31(24(3)4)39(64)52(32)11/h17,24-29,31-33,58,70H,1,18-23H2,2-16H3,(H,47,60)(H,48,59,66)(H2,46,49,65,67)/t25-,26-,27+,28+,29+,31+,32+,33-/m1/s1. The number of esters is 1. The van der Waals surface area contributed by atoms with Crippen molar-refractivity contribution in [3.8, 4) is 0 Å². The van der Waals surface area contributed by atoms with Crippen LogP contribution in [0.25, 0.3) is 0 Å². The largest absolute Gasteiger partial charge is 0.469 e. The second-order valence-corrected chi connectivity index (χ2v) is 19.7. The molecule has 0 aromatic heterocycles. The van der Waals surface area contributed by atoms with E-state index in [1.54, 1.807) is 26.1 Å². The Morgan fingerprint density at radius 2 is 1.29 bits per heavy atom. The number of carbonyl (C=O) groups excluding carboxylic acids is 12. The van der Waals surface area contributed by atoms with Crippen molar-refractivity contribution < 1.29 is 72.5 Å². The van der Waals surface area contributed by atoms with Crippen molar-refractivity contribution >= 4 is 83.3 Å². The number of nitrogens with zero attached hydrogens (tertiary/aromatic N) is 7. The van der Waals surface area contributed by atoms with Gasteiger partial charge in [-0.15, -0.1) is 6.58 Å². The van der Waals surface area contributed by atoms with Crippen LogP contribution in [0, 0.1) is 11.8 Å². The highest BCUT2D eigenvalue weighted by Crippen LogP contribution is 2.23. The van der Waals surface area contributed by atoms with Crippen LogP contribution in [0.4, 0.5) is 24.0 Å². The molecule has 16 amide bonds. The number of hydrogen-bond donors (Lipinski definition) is 6. The van der Waals surface area contributed by atoms with Gasteiger partial charge in [-0.3, -0.25) is 49.1 Å². The number of aliphatic hydroxyl groups excluding tert-OH is 1. The SMILES string of the molecule is C=CC[C@@H](C)[C@@H](O)[C@H]1C(=O)N[C@@H](CC)C(=O)N(C)[C@@H](CSCCC(=O)OC)C(=O)N(C)[C@@H](CC(C)(C)O)C(=O)NC(=O)N(C)C(=O)NC(=O)N[C@H](C)C(=O)N(C)C(=O)N(C)C(=O)N(C)[C@@H](C(C)C)C(=O)N1C. The number of nitrogens with one attached hydrogen (secondary N) is 4. The van der Waals surface area contributed by atoms with Crippen molar-refractivity contribution in [1.29, 1.82) is 0 Å². The molecular weight excluding hydrogens is 967 g/mol. The van der Waals surface area contributed by atoms with E-state index in [0.29, 0.717) is 9.80 Å². The van der Waals surface area contributed by atoms with E-state index in [0.717, 1.165) is 66.5 Å². The van der Waals surface area contributed by atoms with Crippen molar-refractivity contribution in [1.82, 2.24) is 55.6 Å². The average molecular weight is 1040 g/mol. The second kappa shape index (κ2) is 28.0. The topological polar surface area (TPSA) is 325 Å². The average Bonchev–Trinajstić information content (AvgIpc) is 3.31. The highest BCUT2D eigenvalue weighted by molar-refractivity contribution is 7.99. The van der Waals surface area contributed by atoms with Gasteiger partial charge in [0.25, 0.3) is 11.8 Å². The van der Waals surface area contributed by atoms with Crippen LogP contribution in [0.2, 0.25) is 0 Å². The number of thioether (sulfide) groups is 1. The molecule has 406 valence electrons. The summed E-state index contributed by atoms with van der Waals surface area (Å²) in [5, 5.41) is 31.2. The van der Waals surface area contributed by atoms with Crippen LogP contribution in [-0.2, 0) is 38.3 Å². The molecule has 1 heterocycles. The first-order chi connectivity index (χ1) is 33.2. The van der Waals surface area contributed by atoms with Crippen molar-refractivity contribution in [3.63, 3.8) is 0 Å². The number of amides is 16. The number of ether oxygens (including phenoxy) is 1. The molecule has 6 N–H and O–H groups in total. The number of aliphatic hydroxyl groups is 2. The quantitative estimate of drug-likeness (QED) is 0.0802. The number of carbonyl (C=O) groups is 12. The summed E-state index contributed by atoms with van der Waals surface area (Å²) in [4.78, 5) is 169. The fraction of sp³-hybridized carbons (Fsp3) is 0.689. The summed E-state index contributed by atoms with van der Waals surface area (Å²) in [5.41, 5.74) is -1.69. The zero-order valence-corrected chi connectivity index (χ0v) is 44.8. The number of rotatable bonds is 13. The molecule has 26 nitrogen and oxygen atoms in total. The highest BCUT2D eigenvalue weighted by Gasteiger charge is 2.45. The maximum atomic E-state index is 14.6. The molecule has 0 bridgehead atoms. The summed E-state index contributed by atoms with van der Waals surface area (Å²) in [6, 6.07) is -15.8. The van der Waals surface area contributed by atoms with Gasteiger partial charge in [-0.25, -0.2) is 33.8 Å². The van der Waals surface area contributed by atoms with E-state index in [4.69, 9.17) is 4.74 Å². The molecule has 27 heteroatoms. The highest BCUT2D eigenvalue weighted by atomic mass is 32.2. The van der Waals surface area contributed by atoms with E-state index in [2.05, 4.69) is 17.2 Å². The molecule has 0 saturated carbocycles. The van der Waals surface area contributed by atoms with E-state index in [1.807, 2.05) is 5.32 Å². The van der Waals surface area contributed by atoms with Gasteiger partial charge < -0.3 is 45.2 Å². The molecule has 0 unspecified atom stereocenters. The summed E-state index contributed by atoms with van der Waals surface area (Å²) >= 11 is 1.06. The van der Waals surface area contributed by atoms with E-state index in [9.17, 15) is 67.7 Å². The Balaban J connectivity index is 4.16. The monoisotopic (exact) mass is 1040 g/mol. The zero-order chi connectivity index (χ0) is 55.9. The third kappa shape index (κ3) is 17.2. The lowest BCUT2D eigenvalue weighted by Crippen LogP contribution is -2.64. The summed E-state index contributed by atoms with van der Waals surface area (Å²) in [7, 11) is 8.89. The van der Waals surface area contributed by atoms with Crippen LogP contribution in [0.5, 0.6) is 0 Å². The van der Waals surface area contributed by atoms with E-state index < -0.39 is 138 Å². The van der Waals surface area contributed by atoms with Crippen LogP contribution in [0.1, 0.15) is 74.1 Å². The van der Waals surface area contributed by atoms with Gasteiger partial charge in [0.15, 0.2) is 0 Å². The van der Waals surface area contributed by atoms with Gasteiger partial charge in [0, 0.05) is 67.3 Å². The predicted octanol–water partition coefficient (Wildman–Crippen LogP) is -0.0315. The van der Waals surface area contributed by atoms with Gasteiger partial charge in [0.1, 0.15) is 36.3 Å². The van der Waals surface area contributed by atoms with Gasteiger partial charge in [-0.05, 0) is 45.4 Å². The smallest absolute Gasteiger partial charge is 0.334 e. The van der Waals surface area contributed by atoms with Crippen molar-refractivity contribution in [2.45, 2.75) is 122 Å². The Morgan fingerprint density at radius 1 is 0.736 bits per heavy atom. The number of imide groups is 5. The summed E-state index contributed by atoms with van der Waals surface area (Å²) in [6.45, 7) is 13.8. The summed E-state index contributed by atoms with van der Waals surface area (Å²) in [6.07, 6.45) is -0.683. The normalized spacial score (nSPS) is 24.1. The van der Waals surface area contributed by atoms with Crippen molar-refractivity contribution in [3.05, 3.63) is 12.7 Å². The number of methoxy groups -OCH3 is 1. The lowest BCUT2D eigenvalue weighted by molar-refractivity contribution is -0.151. The van der Waals surface area contributed by atoms with Gasteiger partial charge >= 0.3 is 36.1 Å². The number of allylic oxidation sites excluding steroid dienone is 1. The maximum absolute atomic E-state index is 14.6. The Labute approximate surface area is 424 Å². The molecule has 0 spiro atoms. The van der Waals surface area contributed by atoms with Crippen molar-refractivity contribution in [2.75, 3.05) is 67.9 Å². The van der Waals surface area contributed by atoms with Crippen LogP contribution in [0.3, 0.4) is 0 Å². The minimum Gasteiger partial charge on any atom is -0.469 e. The van der Waals surface area contributed by atoms with Gasteiger partial charge in [-0.2, -0.15) is 11.8 Å². The van der Waals surface area contributed by atoms with Crippen molar-refractivity contribution in [2.24, 2.45) is 11.8 Å². The molecule has 8 atom stereocenters. The molecule has 1 aliphatic rings. The molecular formula is C45H75N11O15S. The maximum Gasteiger partial charge on any atom is 0.334 e. The molecule has 72 heavy (non-hydrogen) atoms. The number of urea groups is 5. The molecule has 1 saturated heterocycles. The summed E-state index contributed by atoms with van der Waals surface area (Å²) in [5.74, 6) is -8.08. The predicted molar refractivity (Wildman–Crippen MR) is 262 cm³/mol. The van der Waals surface area contributed by atoms with E-state index in [1.165, 1.54) is 55.1 Å². The molecule has 1 rings (SSSR count). The number of hydrogen-bond acceptors (Lipinski definition) is 16. The zero-order valence-electron chi connectivity index (χ0n) is 44.0. The lowest BCUT2D eigenvalue weighted by Gasteiger charge is -2.40. The first-order valence-electron chi connectivity index (χ1n) is 23.0. The number of likely N-dealkylation sites (N-methyl/N-ethyl adjacent to an activating group) is 5. The van der Waals surface area contributed by atoms with Crippen LogP contribution in [-0.4, -0.2) is 232 Å². The lowest BCUT2D eigenvalue weighted by atomic mass is 9.92. The minimum atomic E-state index is -1.74. The van der Waals surface area contributed by atoms with Crippen LogP contribution in [0.15, 0.2) is 12.7 Å². The molecule has 0 aliphatic carbocycles. The van der Waals surface area contributed by atoms with Gasteiger partial charge in [0.2, 0.25) is 23.6 Å². The Hall–Kier alpha value is -6.35. The first-order valence-corrected chi connectivity index (χ1v) is 24.2. The molecule has 0 aromatic rings. The fourth-order valence-corrected chi connectivity index (χ4v) is 8.54. The van der Waals surface area contributed by atoms with Crippen LogP contribution >= 0.6 is 11.8 Å². The molecule has 1 fully saturated rings. The Bertz CT molecular complexity index is 2050. The fourth-order valence-electron chi connectivity index (χ4n) is 7.47. The van der Waals surface area contributed by atoms with E-state index in [-0.39, 0.29) is 35.7 Å². The minimum absolute atomic E-state index is 0.0943. The van der Waals surface area contributed by atoms with Gasteiger partial charge in [0.05, 0.1) is 25.2 Å². The van der Waals surface area contributed by atoms with E-state index >= 15 is 0 Å². The summed E-state index contributed by atoms with van der Waals surface area (Å²) < 4.78 is 4.71. The Morgan fingerprint density at radius 3 is 1.81 bits per heavy atom. The third-order valence-electron chi connectivity index (χ3n) is 11.9. The van der Waals surface area contributed by atoms with Gasteiger partial charge in [-0.1, -0.05) is 33.8 Å². The third-order valence-corrected chi connectivity index (χ3v) is 13.0. The second-order valence-electron chi connectivity index (χ2n) is 18.5. The molecule has 0 aromatic carbocycles.